The van der Waals surface area contributed by atoms with E-state index in [1.54, 1.807) is 12.1 Å². The molecule has 0 aliphatic rings. The second-order valence-corrected chi connectivity index (χ2v) is 6.65. The van der Waals surface area contributed by atoms with Crippen LogP contribution >= 0.6 is 0 Å². The molecule has 0 saturated carbocycles. The van der Waals surface area contributed by atoms with Crippen molar-refractivity contribution in [2.24, 2.45) is 0 Å². The topological polar surface area (TPSA) is 53.0 Å². The van der Waals surface area contributed by atoms with Gasteiger partial charge in [-0.3, -0.25) is 9.19 Å². The highest BCUT2D eigenvalue weighted by Gasteiger charge is 2.30. The van der Waals surface area contributed by atoms with Crippen LogP contribution in [0, 0.1) is 5.82 Å². The summed E-state index contributed by atoms with van der Waals surface area (Å²) >= 11 is -2.42. The lowest BCUT2D eigenvalue weighted by molar-refractivity contribution is -0.137. The lowest BCUT2D eigenvalue weighted by atomic mass is 9.95. The maximum Gasteiger partial charge on any atom is 0.416 e. The average molecular weight is 394 g/mol. The van der Waals surface area contributed by atoms with Gasteiger partial charge in [0.05, 0.1) is 5.56 Å². The molecule has 0 saturated heterocycles. The van der Waals surface area contributed by atoms with Crippen LogP contribution in [0.1, 0.15) is 11.1 Å². The molecule has 1 aromatic heterocycles. The second-order valence-electron chi connectivity index (χ2n) is 5.75. The lowest BCUT2D eigenvalue weighted by Crippen LogP contribution is -2.04. The molecule has 0 fully saturated rings. The zero-order chi connectivity index (χ0) is 19.6. The predicted molar refractivity (Wildman–Crippen MR) is 92.7 cm³/mol. The SMILES string of the molecule is O=S([O-])Cc1ccc(-c2cnccc2-c2ccc(C(F)(F)F)cc2)cc1F. The van der Waals surface area contributed by atoms with Crippen LogP contribution in [0.5, 0.6) is 0 Å². The van der Waals surface area contributed by atoms with Crippen LogP contribution in [0.15, 0.2) is 60.9 Å². The molecular formula is C19H12F4NO2S-. The maximum atomic E-state index is 14.2. The van der Waals surface area contributed by atoms with Crippen LogP contribution in [0.2, 0.25) is 0 Å². The average Bonchev–Trinajstić information content (AvgIpc) is 2.62. The van der Waals surface area contributed by atoms with Crippen molar-refractivity contribution in [3.05, 3.63) is 77.9 Å². The number of alkyl halides is 3. The molecule has 8 heteroatoms. The molecule has 140 valence electrons. The Morgan fingerprint density at radius 3 is 2.22 bits per heavy atom. The van der Waals surface area contributed by atoms with E-state index in [-0.39, 0.29) is 5.56 Å². The number of rotatable bonds is 4. The van der Waals surface area contributed by atoms with Crippen molar-refractivity contribution in [1.29, 1.82) is 0 Å². The number of aromatic nitrogens is 1. The first kappa shape index (κ1) is 19.2. The van der Waals surface area contributed by atoms with E-state index in [1.807, 2.05) is 0 Å². The van der Waals surface area contributed by atoms with E-state index in [4.69, 9.17) is 0 Å². The highest BCUT2D eigenvalue weighted by atomic mass is 32.2. The smallest absolute Gasteiger partial charge is 0.416 e. The summed E-state index contributed by atoms with van der Waals surface area (Å²) in [6.07, 6.45) is -1.46. The van der Waals surface area contributed by atoms with Crippen molar-refractivity contribution in [2.75, 3.05) is 0 Å². The van der Waals surface area contributed by atoms with Crippen LogP contribution in [0.3, 0.4) is 0 Å². The molecule has 0 amide bonds. The van der Waals surface area contributed by atoms with Gasteiger partial charge >= 0.3 is 6.18 Å². The van der Waals surface area contributed by atoms with E-state index >= 15 is 0 Å². The van der Waals surface area contributed by atoms with E-state index in [2.05, 4.69) is 4.98 Å². The summed E-state index contributed by atoms with van der Waals surface area (Å²) in [5, 5.41) is 0. The molecular weight excluding hydrogens is 382 g/mol. The standard InChI is InChI=1S/C19H13F4NO2S/c20-18-9-13(1-2-14(18)11-27(25)26)17-10-24-8-7-16(17)12-3-5-15(6-4-12)19(21,22)23/h1-10H,11H2,(H,25,26)/p-1. The highest BCUT2D eigenvalue weighted by Crippen LogP contribution is 2.35. The van der Waals surface area contributed by atoms with Crippen molar-refractivity contribution in [3.8, 4) is 22.3 Å². The fourth-order valence-corrected chi connectivity index (χ4v) is 3.16. The summed E-state index contributed by atoms with van der Waals surface area (Å²) in [4.78, 5) is 4.00. The van der Waals surface area contributed by atoms with Crippen LogP contribution in [-0.4, -0.2) is 13.7 Å². The van der Waals surface area contributed by atoms with Crippen LogP contribution < -0.4 is 0 Å². The van der Waals surface area contributed by atoms with Crippen LogP contribution in [0.4, 0.5) is 17.6 Å². The molecule has 0 aliphatic carbocycles. The van der Waals surface area contributed by atoms with E-state index in [0.29, 0.717) is 22.3 Å². The molecule has 2 aromatic carbocycles. The first-order valence-electron chi connectivity index (χ1n) is 7.72. The number of nitrogens with zero attached hydrogens (tertiary/aromatic N) is 1. The summed E-state index contributed by atoms with van der Waals surface area (Å²) in [5.74, 6) is -1.12. The second kappa shape index (κ2) is 7.58. The molecule has 3 rings (SSSR count). The fourth-order valence-electron chi connectivity index (χ4n) is 2.67. The van der Waals surface area contributed by atoms with Crippen molar-refractivity contribution < 1.29 is 26.3 Å². The van der Waals surface area contributed by atoms with Gasteiger partial charge in [-0.25, -0.2) is 4.39 Å². The quantitative estimate of drug-likeness (QED) is 0.465. The summed E-state index contributed by atoms with van der Waals surface area (Å²) in [5.41, 5.74) is 1.33. The van der Waals surface area contributed by atoms with Crippen molar-refractivity contribution in [2.45, 2.75) is 11.9 Å². The highest BCUT2D eigenvalue weighted by molar-refractivity contribution is 7.78. The molecule has 0 aliphatic heterocycles. The zero-order valence-corrected chi connectivity index (χ0v) is 14.5. The fraction of sp³-hybridized carbons (Fsp3) is 0.105. The van der Waals surface area contributed by atoms with Gasteiger partial charge in [-0.05, 0) is 46.5 Å². The van der Waals surface area contributed by atoms with Gasteiger partial charge in [-0.15, -0.1) is 0 Å². The molecule has 0 spiro atoms. The van der Waals surface area contributed by atoms with E-state index in [9.17, 15) is 26.3 Å². The third-order valence-electron chi connectivity index (χ3n) is 3.98. The van der Waals surface area contributed by atoms with Crippen molar-refractivity contribution in [3.63, 3.8) is 0 Å². The zero-order valence-electron chi connectivity index (χ0n) is 13.7. The Kier molecular flexibility index (Phi) is 5.38. The predicted octanol–water partition coefficient (Wildman–Crippen LogP) is 4.95. The van der Waals surface area contributed by atoms with Crippen molar-refractivity contribution in [1.82, 2.24) is 4.98 Å². The normalized spacial score (nSPS) is 12.8. The van der Waals surface area contributed by atoms with Gasteiger partial charge in [-0.1, -0.05) is 35.3 Å². The Balaban J connectivity index is 2.02. The molecule has 27 heavy (non-hydrogen) atoms. The summed E-state index contributed by atoms with van der Waals surface area (Å²) < 4.78 is 73.9. The van der Waals surface area contributed by atoms with E-state index < -0.39 is 34.4 Å². The van der Waals surface area contributed by atoms with Gasteiger partial charge in [0, 0.05) is 23.7 Å². The third kappa shape index (κ3) is 4.40. The Bertz CT molecular complexity index is 988. The summed E-state index contributed by atoms with van der Waals surface area (Å²) in [6, 6.07) is 10.4. The largest absolute Gasteiger partial charge is 0.772 e. The molecule has 0 bridgehead atoms. The van der Waals surface area contributed by atoms with Gasteiger partial charge in [0.15, 0.2) is 0 Å². The number of benzene rings is 2. The van der Waals surface area contributed by atoms with Crippen molar-refractivity contribution >= 4 is 11.1 Å². The van der Waals surface area contributed by atoms with E-state index in [1.165, 1.54) is 36.7 Å². The van der Waals surface area contributed by atoms with Gasteiger partial charge < -0.3 is 4.55 Å². The molecule has 3 aromatic rings. The van der Waals surface area contributed by atoms with Crippen LogP contribution in [0.25, 0.3) is 22.3 Å². The maximum absolute atomic E-state index is 14.2. The Labute approximate surface area is 155 Å². The lowest BCUT2D eigenvalue weighted by Gasteiger charge is -2.13. The molecule has 1 atom stereocenters. The first-order valence-corrected chi connectivity index (χ1v) is 8.96. The third-order valence-corrected chi connectivity index (χ3v) is 4.53. The van der Waals surface area contributed by atoms with Crippen LogP contribution in [-0.2, 0) is 23.0 Å². The molecule has 1 unspecified atom stereocenters. The van der Waals surface area contributed by atoms with Gasteiger partial charge in [0.1, 0.15) is 5.82 Å². The Hall–Kier alpha value is -2.58. The Morgan fingerprint density at radius 1 is 0.963 bits per heavy atom. The number of pyridine rings is 1. The van der Waals surface area contributed by atoms with Gasteiger partial charge in [0.25, 0.3) is 0 Å². The van der Waals surface area contributed by atoms with E-state index in [0.717, 1.165) is 12.1 Å². The number of halogens is 4. The summed E-state index contributed by atoms with van der Waals surface area (Å²) in [7, 11) is 0. The Morgan fingerprint density at radius 2 is 1.63 bits per heavy atom. The molecule has 0 radical (unpaired) electrons. The molecule has 0 N–H and O–H groups in total. The first-order chi connectivity index (χ1) is 12.8. The minimum absolute atomic E-state index is 0.0343. The number of hydrogen-bond donors (Lipinski definition) is 0. The molecule has 3 nitrogen and oxygen atoms in total. The monoisotopic (exact) mass is 394 g/mol. The minimum atomic E-state index is -4.43. The molecule has 1 heterocycles. The van der Waals surface area contributed by atoms with Gasteiger partial charge in [-0.2, -0.15) is 13.2 Å². The number of hydrogen-bond acceptors (Lipinski definition) is 3. The summed E-state index contributed by atoms with van der Waals surface area (Å²) in [6.45, 7) is 0. The van der Waals surface area contributed by atoms with Gasteiger partial charge in [0.2, 0.25) is 0 Å². The minimum Gasteiger partial charge on any atom is -0.772 e.